The molecule has 0 heterocycles. The van der Waals surface area contributed by atoms with Gasteiger partial charge in [-0.15, -0.1) is 0 Å². The van der Waals surface area contributed by atoms with Gasteiger partial charge in [0.05, 0.1) is 0 Å². The first-order valence-electron chi connectivity index (χ1n) is 4.36. The van der Waals surface area contributed by atoms with E-state index in [4.69, 9.17) is 5.73 Å². The third-order valence-corrected chi connectivity index (χ3v) is 1.90. The Hall–Kier alpha value is -1.58. The summed E-state index contributed by atoms with van der Waals surface area (Å²) in [5.41, 5.74) is 6.27. The Morgan fingerprint density at radius 1 is 1.50 bits per heavy atom. The molecule has 3 nitrogen and oxygen atoms in total. The van der Waals surface area contributed by atoms with E-state index in [9.17, 15) is 9.18 Å². The fourth-order valence-corrected chi connectivity index (χ4v) is 1.27. The van der Waals surface area contributed by atoms with Gasteiger partial charge in [0.1, 0.15) is 5.82 Å². The summed E-state index contributed by atoms with van der Waals surface area (Å²) >= 11 is 0. The minimum absolute atomic E-state index is 0.206. The normalized spacial score (nSPS) is 10.3. The van der Waals surface area contributed by atoms with Gasteiger partial charge in [-0.1, -0.05) is 19.9 Å². The van der Waals surface area contributed by atoms with E-state index in [1.54, 1.807) is 6.07 Å². The second-order valence-electron chi connectivity index (χ2n) is 3.38. The average molecular weight is 196 g/mol. The summed E-state index contributed by atoms with van der Waals surface area (Å²) in [4.78, 5) is 10.6. The Balaban J connectivity index is 3.09. The number of benzene rings is 1. The highest BCUT2D eigenvalue weighted by Crippen LogP contribution is 2.24. The van der Waals surface area contributed by atoms with Crippen molar-refractivity contribution in [2.75, 3.05) is 5.32 Å². The molecule has 3 N–H and O–H groups in total. The monoisotopic (exact) mass is 196 g/mol. The van der Waals surface area contributed by atoms with Crippen LogP contribution in [-0.4, -0.2) is 6.03 Å². The lowest BCUT2D eigenvalue weighted by molar-refractivity contribution is 0.259. The summed E-state index contributed by atoms with van der Waals surface area (Å²) in [7, 11) is 0. The average Bonchev–Trinajstić information content (AvgIpc) is 2.01. The fraction of sp³-hybridized carbons (Fsp3) is 0.300. The lowest BCUT2D eigenvalue weighted by atomic mass is 10.0. The van der Waals surface area contributed by atoms with Crippen molar-refractivity contribution in [2.24, 2.45) is 5.73 Å². The first kappa shape index (κ1) is 10.5. The van der Waals surface area contributed by atoms with Crippen molar-refractivity contribution in [3.05, 3.63) is 29.6 Å². The molecule has 76 valence electrons. The van der Waals surface area contributed by atoms with Crippen LogP contribution in [0.4, 0.5) is 14.9 Å². The molecule has 0 aromatic heterocycles. The summed E-state index contributed by atoms with van der Waals surface area (Å²) in [6, 6.07) is 3.59. The van der Waals surface area contributed by atoms with E-state index in [0.29, 0.717) is 5.69 Å². The highest BCUT2D eigenvalue weighted by atomic mass is 19.1. The largest absolute Gasteiger partial charge is 0.351 e. The maximum Gasteiger partial charge on any atom is 0.316 e. The van der Waals surface area contributed by atoms with E-state index in [1.165, 1.54) is 12.1 Å². The number of hydrogen-bond acceptors (Lipinski definition) is 1. The Morgan fingerprint density at radius 3 is 2.64 bits per heavy atom. The number of nitrogens with two attached hydrogens (primary N) is 1. The molecule has 0 unspecified atom stereocenters. The molecule has 1 aromatic rings. The molecule has 0 aliphatic heterocycles. The number of anilines is 1. The van der Waals surface area contributed by atoms with Gasteiger partial charge in [0.15, 0.2) is 0 Å². The molecule has 2 amide bonds. The molecular weight excluding hydrogens is 183 g/mol. The number of hydrogen-bond donors (Lipinski definition) is 2. The summed E-state index contributed by atoms with van der Waals surface area (Å²) in [5, 5.41) is 2.39. The van der Waals surface area contributed by atoms with Crippen LogP contribution in [-0.2, 0) is 0 Å². The molecular formula is C10H13FN2O. The lowest BCUT2D eigenvalue weighted by Crippen LogP contribution is -2.20. The van der Waals surface area contributed by atoms with Gasteiger partial charge in [-0.05, 0) is 23.6 Å². The number of carbonyl (C=O) groups is 1. The van der Waals surface area contributed by atoms with Gasteiger partial charge in [0.2, 0.25) is 0 Å². The summed E-state index contributed by atoms with van der Waals surface area (Å²) in [5.74, 6) is -0.185. The number of halogens is 1. The molecule has 0 saturated carbocycles. The maximum absolute atomic E-state index is 12.9. The predicted molar refractivity (Wildman–Crippen MR) is 53.7 cm³/mol. The van der Waals surface area contributed by atoms with E-state index in [0.717, 1.165) is 5.56 Å². The molecule has 0 aliphatic carbocycles. The third-order valence-electron chi connectivity index (χ3n) is 1.90. The molecule has 0 atom stereocenters. The minimum atomic E-state index is -0.683. The summed E-state index contributed by atoms with van der Waals surface area (Å²) < 4.78 is 12.9. The van der Waals surface area contributed by atoms with Crippen LogP contribution in [0.15, 0.2) is 18.2 Å². The topological polar surface area (TPSA) is 55.1 Å². The van der Waals surface area contributed by atoms with Crippen molar-refractivity contribution in [1.82, 2.24) is 0 Å². The number of urea groups is 1. The van der Waals surface area contributed by atoms with E-state index in [2.05, 4.69) is 5.32 Å². The van der Waals surface area contributed by atoms with Crippen LogP contribution in [0.3, 0.4) is 0 Å². The Morgan fingerprint density at radius 2 is 2.14 bits per heavy atom. The van der Waals surface area contributed by atoms with Crippen molar-refractivity contribution in [2.45, 2.75) is 19.8 Å². The number of rotatable bonds is 2. The van der Waals surface area contributed by atoms with Crippen LogP contribution >= 0.6 is 0 Å². The number of carbonyl (C=O) groups excluding carboxylic acids is 1. The summed E-state index contributed by atoms with van der Waals surface area (Å²) in [6.07, 6.45) is 0. The molecule has 0 bridgehead atoms. The lowest BCUT2D eigenvalue weighted by Gasteiger charge is -2.12. The third kappa shape index (κ3) is 2.45. The predicted octanol–water partition coefficient (Wildman–Crippen LogP) is 2.44. The van der Waals surface area contributed by atoms with Gasteiger partial charge >= 0.3 is 6.03 Å². The molecule has 0 spiro atoms. The molecule has 14 heavy (non-hydrogen) atoms. The SMILES string of the molecule is CC(C)c1ccc(F)cc1NC(N)=O. The first-order valence-corrected chi connectivity index (χ1v) is 4.36. The molecule has 4 heteroatoms. The molecule has 1 aromatic carbocycles. The number of amides is 2. The van der Waals surface area contributed by atoms with E-state index >= 15 is 0 Å². The van der Waals surface area contributed by atoms with Gasteiger partial charge in [-0.25, -0.2) is 9.18 Å². The zero-order valence-corrected chi connectivity index (χ0v) is 8.17. The van der Waals surface area contributed by atoms with E-state index in [1.807, 2.05) is 13.8 Å². The standard InChI is InChI=1S/C10H13FN2O/c1-6(2)8-4-3-7(11)5-9(8)13-10(12)14/h3-6H,1-2H3,(H3,12,13,14). The van der Waals surface area contributed by atoms with E-state index in [-0.39, 0.29) is 5.92 Å². The van der Waals surface area contributed by atoms with Crippen LogP contribution in [0.2, 0.25) is 0 Å². The van der Waals surface area contributed by atoms with Crippen molar-refractivity contribution < 1.29 is 9.18 Å². The molecule has 0 radical (unpaired) electrons. The van der Waals surface area contributed by atoms with Crippen molar-refractivity contribution in [3.63, 3.8) is 0 Å². The smallest absolute Gasteiger partial charge is 0.316 e. The highest BCUT2D eigenvalue weighted by Gasteiger charge is 2.08. The van der Waals surface area contributed by atoms with E-state index < -0.39 is 11.8 Å². The quantitative estimate of drug-likeness (QED) is 0.749. The number of nitrogens with one attached hydrogen (secondary N) is 1. The maximum atomic E-state index is 12.9. The van der Waals surface area contributed by atoms with Crippen LogP contribution < -0.4 is 11.1 Å². The van der Waals surface area contributed by atoms with Crippen LogP contribution in [0.1, 0.15) is 25.3 Å². The van der Waals surface area contributed by atoms with Gasteiger partial charge in [0.25, 0.3) is 0 Å². The Kier molecular flexibility index (Phi) is 3.06. The summed E-state index contributed by atoms with van der Waals surface area (Å²) in [6.45, 7) is 3.92. The van der Waals surface area contributed by atoms with Crippen LogP contribution in [0.25, 0.3) is 0 Å². The second kappa shape index (κ2) is 4.09. The first-order chi connectivity index (χ1) is 6.50. The Labute approximate surface area is 82.1 Å². The molecule has 0 saturated heterocycles. The van der Waals surface area contributed by atoms with Gasteiger partial charge in [-0.2, -0.15) is 0 Å². The number of primary amides is 1. The Bertz CT molecular complexity index is 350. The zero-order valence-electron chi connectivity index (χ0n) is 8.17. The molecule has 1 rings (SSSR count). The van der Waals surface area contributed by atoms with Crippen LogP contribution in [0, 0.1) is 5.82 Å². The highest BCUT2D eigenvalue weighted by molar-refractivity contribution is 5.88. The fourth-order valence-electron chi connectivity index (χ4n) is 1.27. The second-order valence-corrected chi connectivity index (χ2v) is 3.38. The zero-order chi connectivity index (χ0) is 10.7. The van der Waals surface area contributed by atoms with Crippen molar-refractivity contribution in [3.8, 4) is 0 Å². The van der Waals surface area contributed by atoms with Crippen molar-refractivity contribution in [1.29, 1.82) is 0 Å². The van der Waals surface area contributed by atoms with Gasteiger partial charge < -0.3 is 11.1 Å². The van der Waals surface area contributed by atoms with Gasteiger partial charge in [0, 0.05) is 5.69 Å². The molecule has 0 fully saturated rings. The van der Waals surface area contributed by atoms with Crippen molar-refractivity contribution >= 4 is 11.7 Å². The molecule has 0 aliphatic rings. The minimum Gasteiger partial charge on any atom is -0.351 e. The van der Waals surface area contributed by atoms with Gasteiger partial charge in [-0.3, -0.25) is 0 Å². The van der Waals surface area contributed by atoms with Crippen LogP contribution in [0.5, 0.6) is 0 Å².